The van der Waals surface area contributed by atoms with Gasteiger partial charge in [0.1, 0.15) is 11.4 Å². The monoisotopic (exact) mass is 457 g/mol. The van der Waals surface area contributed by atoms with E-state index >= 15 is 0 Å². The number of benzene rings is 3. The summed E-state index contributed by atoms with van der Waals surface area (Å²) in [6.45, 7) is 2.06. The Labute approximate surface area is 193 Å². The van der Waals surface area contributed by atoms with Crippen molar-refractivity contribution in [3.63, 3.8) is 0 Å². The second-order valence-corrected chi connectivity index (χ2v) is 8.61. The van der Waals surface area contributed by atoms with Crippen LogP contribution in [-0.2, 0) is 6.54 Å². The maximum atomic E-state index is 14.6. The summed E-state index contributed by atoms with van der Waals surface area (Å²) in [7, 11) is 0. The number of thiazole rings is 1. The molecule has 0 bridgehead atoms. The molecule has 0 aliphatic carbocycles. The average Bonchev–Trinajstić information content (AvgIpc) is 3.40. The van der Waals surface area contributed by atoms with Crippen LogP contribution in [-0.4, -0.2) is 15.8 Å². The van der Waals surface area contributed by atoms with E-state index in [0.29, 0.717) is 39.1 Å². The molecule has 7 heteroatoms. The number of furan rings is 1. The minimum absolute atomic E-state index is 0.0933. The summed E-state index contributed by atoms with van der Waals surface area (Å²) in [5.41, 5.74) is 10.4. The molecule has 0 aliphatic heterocycles. The molecular weight excluding hydrogens is 437 g/mol. The van der Waals surface area contributed by atoms with Gasteiger partial charge in [-0.2, -0.15) is 0 Å². The van der Waals surface area contributed by atoms with Crippen molar-refractivity contribution in [2.24, 2.45) is 10.7 Å². The fourth-order valence-corrected chi connectivity index (χ4v) is 4.34. The molecule has 2 heterocycles. The lowest BCUT2D eigenvalue weighted by Crippen LogP contribution is -2.06. The molecule has 33 heavy (non-hydrogen) atoms. The number of aromatic nitrogens is 1. The number of rotatable bonds is 5. The Morgan fingerprint density at radius 2 is 1.91 bits per heavy atom. The molecule has 2 aromatic heterocycles. The maximum absolute atomic E-state index is 14.6. The summed E-state index contributed by atoms with van der Waals surface area (Å²) in [6.07, 6.45) is 0. The lowest BCUT2D eigenvalue weighted by Gasteiger charge is -2.09. The molecule has 5 nitrogen and oxygen atoms in total. The first-order chi connectivity index (χ1) is 16.0. The van der Waals surface area contributed by atoms with Crippen LogP contribution in [0, 0.1) is 12.7 Å². The smallest absolute Gasteiger partial charge is 0.292 e. The lowest BCUT2D eigenvalue weighted by molar-refractivity contribution is 0.345. The fraction of sp³-hybridized carbons (Fsp3) is 0.0769. The lowest BCUT2D eigenvalue weighted by atomic mass is 9.99. The molecule has 0 aliphatic rings. The zero-order chi connectivity index (χ0) is 22.9. The molecule has 0 radical (unpaired) electrons. The second kappa shape index (κ2) is 8.61. The van der Waals surface area contributed by atoms with Crippen molar-refractivity contribution >= 4 is 33.7 Å². The highest BCUT2D eigenvalue weighted by Crippen LogP contribution is 2.35. The van der Waals surface area contributed by atoms with Gasteiger partial charge in [-0.3, -0.25) is 0 Å². The van der Waals surface area contributed by atoms with Crippen molar-refractivity contribution in [2.75, 3.05) is 0 Å². The van der Waals surface area contributed by atoms with E-state index in [0.717, 1.165) is 16.3 Å². The van der Waals surface area contributed by atoms with Crippen LogP contribution < -0.4 is 5.73 Å². The third-order valence-corrected chi connectivity index (χ3v) is 6.16. The van der Waals surface area contributed by atoms with Crippen molar-refractivity contribution in [2.45, 2.75) is 13.5 Å². The Balaban J connectivity index is 1.66. The standard InChI is InChI=1S/C26H20FN3O2S/c1-15-29-22(14-33-15)16-8-10-19(11-9-16)30-25(17-6-7-18(13-28)21(27)12-17)24-20-4-2-3-5-23(20)32-26(24)31/h2-12,14,31H,13,28H2,1H3. The topological polar surface area (TPSA) is 84.6 Å². The van der Waals surface area contributed by atoms with E-state index in [-0.39, 0.29) is 12.5 Å². The summed E-state index contributed by atoms with van der Waals surface area (Å²) in [4.78, 5) is 9.32. The van der Waals surface area contributed by atoms with E-state index in [9.17, 15) is 9.50 Å². The van der Waals surface area contributed by atoms with E-state index in [2.05, 4.69) is 4.98 Å². The molecule has 0 unspecified atom stereocenters. The first-order valence-electron chi connectivity index (χ1n) is 10.3. The molecule has 5 rings (SSSR count). The quantitative estimate of drug-likeness (QED) is 0.302. The number of fused-ring (bicyclic) bond motifs is 1. The van der Waals surface area contributed by atoms with Gasteiger partial charge in [0.2, 0.25) is 0 Å². The summed E-state index contributed by atoms with van der Waals surface area (Å²) < 4.78 is 20.2. The van der Waals surface area contributed by atoms with Crippen LogP contribution in [0.5, 0.6) is 5.95 Å². The van der Waals surface area contributed by atoms with Crippen LogP contribution in [0.1, 0.15) is 21.7 Å². The van der Waals surface area contributed by atoms with Gasteiger partial charge in [0, 0.05) is 34.0 Å². The number of aryl methyl sites for hydroxylation is 1. The fourth-order valence-electron chi connectivity index (χ4n) is 3.72. The van der Waals surface area contributed by atoms with E-state index in [4.69, 9.17) is 15.1 Å². The zero-order valence-corrected chi connectivity index (χ0v) is 18.6. The van der Waals surface area contributed by atoms with Crippen LogP contribution in [0.3, 0.4) is 0 Å². The number of para-hydroxylation sites is 1. The predicted octanol–water partition coefficient (Wildman–Crippen LogP) is 6.34. The Kier molecular flexibility index (Phi) is 5.50. The SMILES string of the molecule is Cc1nc(-c2ccc(N=C(c3ccc(CN)c(F)c3)c3c(O)oc4ccccc34)cc2)cs1. The summed E-state index contributed by atoms with van der Waals surface area (Å²) >= 11 is 1.60. The molecule has 3 N–H and O–H groups in total. The van der Waals surface area contributed by atoms with Crippen molar-refractivity contribution in [3.8, 4) is 17.2 Å². The number of nitrogens with zero attached hydrogens (tertiary/aromatic N) is 2. The van der Waals surface area contributed by atoms with Crippen molar-refractivity contribution in [1.29, 1.82) is 0 Å². The van der Waals surface area contributed by atoms with Gasteiger partial charge in [-0.05, 0) is 31.2 Å². The van der Waals surface area contributed by atoms with Crippen molar-refractivity contribution < 1.29 is 13.9 Å². The van der Waals surface area contributed by atoms with Crippen LogP contribution in [0.2, 0.25) is 0 Å². The van der Waals surface area contributed by atoms with E-state index < -0.39 is 5.82 Å². The molecule has 0 fully saturated rings. The Morgan fingerprint density at radius 1 is 1.12 bits per heavy atom. The Morgan fingerprint density at radius 3 is 2.61 bits per heavy atom. The molecule has 5 aromatic rings. The second-order valence-electron chi connectivity index (χ2n) is 7.55. The third kappa shape index (κ3) is 4.04. The first kappa shape index (κ1) is 21.1. The molecule has 0 atom stereocenters. The molecule has 0 saturated heterocycles. The molecule has 3 aromatic carbocycles. The van der Waals surface area contributed by atoms with E-state index in [1.165, 1.54) is 6.07 Å². The number of hydrogen-bond donors (Lipinski definition) is 2. The Hall–Kier alpha value is -3.81. The van der Waals surface area contributed by atoms with E-state index in [1.54, 1.807) is 29.5 Å². The number of hydrogen-bond acceptors (Lipinski definition) is 6. The zero-order valence-electron chi connectivity index (χ0n) is 17.7. The molecule has 164 valence electrons. The number of aliphatic imine (C=N–C) groups is 1. The molecule has 0 spiro atoms. The maximum Gasteiger partial charge on any atom is 0.292 e. The van der Waals surface area contributed by atoms with Gasteiger partial charge < -0.3 is 15.3 Å². The van der Waals surface area contributed by atoms with Crippen LogP contribution in [0.4, 0.5) is 10.1 Å². The third-order valence-electron chi connectivity index (χ3n) is 5.38. The highest BCUT2D eigenvalue weighted by molar-refractivity contribution is 7.09. The van der Waals surface area contributed by atoms with Crippen LogP contribution >= 0.6 is 11.3 Å². The number of aromatic hydroxyl groups is 1. The van der Waals surface area contributed by atoms with E-state index in [1.807, 2.05) is 54.8 Å². The van der Waals surface area contributed by atoms with Crippen LogP contribution in [0.25, 0.3) is 22.2 Å². The molecule has 0 amide bonds. The van der Waals surface area contributed by atoms with Crippen molar-refractivity contribution in [1.82, 2.24) is 4.98 Å². The van der Waals surface area contributed by atoms with Crippen molar-refractivity contribution in [3.05, 3.63) is 99.6 Å². The largest absolute Gasteiger partial charge is 0.480 e. The molecule has 0 saturated carbocycles. The minimum Gasteiger partial charge on any atom is -0.480 e. The summed E-state index contributed by atoms with van der Waals surface area (Å²) in [5, 5.41) is 14.3. The summed E-state index contributed by atoms with van der Waals surface area (Å²) in [5.74, 6) is -0.697. The van der Waals surface area contributed by atoms with Gasteiger partial charge in [0.05, 0.1) is 27.7 Å². The minimum atomic E-state index is -0.427. The average molecular weight is 458 g/mol. The first-order valence-corrected chi connectivity index (χ1v) is 11.2. The van der Waals surface area contributed by atoms with Crippen LogP contribution in [0.15, 0.2) is 81.5 Å². The van der Waals surface area contributed by atoms with Gasteiger partial charge in [0.25, 0.3) is 5.95 Å². The van der Waals surface area contributed by atoms with Gasteiger partial charge in [-0.15, -0.1) is 11.3 Å². The highest BCUT2D eigenvalue weighted by Gasteiger charge is 2.21. The Bertz CT molecular complexity index is 1490. The van der Waals surface area contributed by atoms with Gasteiger partial charge in [-0.1, -0.05) is 42.5 Å². The van der Waals surface area contributed by atoms with Gasteiger partial charge in [-0.25, -0.2) is 14.4 Å². The predicted molar refractivity (Wildman–Crippen MR) is 130 cm³/mol. The van der Waals surface area contributed by atoms with Gasteiger partial charge in [0.15, 0.2) is 0 Å². The highest BCUT2D eigenvalue weighted by atomic mass is 32.1. The normalized spacial score (nSPS) is 11.9. The number of halogens is 1. The van der Waals surface area contributed by atoms with Gasteiger partial charge >= 0.3 is 0 Å². The molecular formula is C26H20FN3O2S. The summed E-state index contributed by atoms with van der Waals surface area (Å²) in [6, 6.07) is 19.6. The number of nitrogens with two attached hydrogens (primary N) is 1.